The molecular weight excluding hydrogens is 1220 g/mol. The first-order valence-corrected chi connectivity index (χ1v) is 41.7. The zero-order valence-electron chi connectivity index (χ0n) is 61.1. The van der Waals surface area contributed by atoms with Gasteiger partial charge in [0.2, 0.25) is 0 Å². The van der Waals surface area contributed by atoms with Gasteiger partial charge in [-0.25, -0.2) is 0 Å². The Kier molecular flexibility index (Phi) is 32.1. The second-order valence-electron chi connectivity index (χ2n) is 28.5. The van der Waals surface area contributed by atoms with Crippen LogP contribution in [0.25, 0.3) is 63.1 Å². The van der Waals surface area contributed by atoms with Crippen molar-refractivity contribution < 1.29 is 9.53 Å². The van der Waals surface area contributed by atoms with Crippen molar-refractivity contribution in [1.82, 2.24) is 14.4 Å². The molecule has 3 atom stereocenters. The van der Waals surface area contributed by atoms with E-state index in [1.165, 1.54) is 293 Å². The van der Waals surface area contributed by atoms with Gasteiger partial charge in [-0.2, -0.15) is 0 Å². The van der Waals surface area contributed by atoms with E-state index in [4.69, 9.17) is 0 Å². The Hall–Kier alpha value is -4.25. The maximum atomic E-state index is 16.0. The van der Waals surface area contributed by atoms with E-state index in [1.807, 2.05) is 45.3 Å². The van der Waals surface area contributed by atoms with Crippen LogP contribution in [0.2, 0.25) is 0 Å². The van der Waals surface area contributed by atoms with Crippen molar-refractivity contribution >= 4 is 84.5 Å². The highest BCUT2D eigenvalue weighted by Gasteiger charge is 2.45. The minimum atomic E-state index is 0.248. The minimum Gasteiger partial charge on any atom is -0.388 e. The highest BCUT2D eigenvalue weighted by molar-refractivity contribution is 7.24. The molecule has 0 spiro atoms. The van der Waals surface area contributed by atoms with Crippen molar-refractivity contribution in [2.24, 2.45) is 17.8 Å². The number of hydrogen-bond acceptors (Lipinski definition) is 7. The molecule has 1 amide bonds. The van der Waals surface area contributed by atoms with Crippen molar-refractivity contribution in [3.8, 4) is 29.9 Å². The predicted molar refractivity (Wildman–Crippen MR) is 420 cm³/mol. The lowest BCUT2D eigenvalue weighted by atomic mass is 9.93. The molecule has 7 heterocycles. The molecule has 2 aromatic carbocycles. The van der Waals surface area contributed by atoms with Crippen molar-refractivity contribution in [2.75, 3.05) is 33.9 Å². The predicted octanol–water partition coefficient (Wildman–Crippen LogP) is 27.3. The van der Waals surface area contributed by atoms with Crippen LogP contribution in [-0.2, 0) is 35.3 Å². The second kappa shape index (κ2) is 40.0. The molecule has 0 N–H and O–H groups in total. The van der Waals surface area contributed by atoms with E-state index >= 15 is 4.79 Å². The van der Waals surface area contributed by atoms with Crippen LogP contribution in [0.4, 0.5) is 0 Å². The molecule has 0 radical (unpaired) electrons. The number of fused-ring (bicyclic) bond motifs is 7. The lowest BCUT2D eigenvalue weighted by Crippen LogP contribution is -2.33. The van der Waals surface area contributed by atoms with Crippen LogP contribution in [0, 0.1) is 24.7 Å². The monoisotopic (exact) mass is 1350 g/mol. The van der Waals surface area contributed by atoms with Crippen LogP contribution < -0.4 is 0 Å². The summed E-state index contributed by atoms with van der Waals surface area (Å²) in [6.45, 7) is 26.7. The normalized spacial score (nSPS) is 14.8. The summed E-state index contributed by atoms with van der Waals surface area (Å²) < 4.78 is 6.97. The van der Waals surface area contributed by atoms with Crippen LogP contribution in [0.5, 0.6) is 0 Å². The Morgan fingerprint density at radius 1 is 0.500 bits per heavy atom. The number of amides is 1. The van der Waals surface area contributed by atoms with Crippen LogP contribution in [0.3, 0.4) is 0 Å². The average molecular weight is 1350 g/mol. The highest BCUT2D eigenvalue weighted by Crippen LogP contribution is 2.52. The number of nitrogens with zero attached hydrogens (tertiary/aromatic N) is 3. The topological polar surface area (TPSA) is 37.7 Å². The van der Waals surface area contributed by atoms with Gasteiger partial charge in [-0.15, -0.1) is 45.3 Å². The van der Waals surface area contributed by atoms with E-state index in [1.54, 1.807) is 14.2 Å². The van der Waals surface area contributed by atoms with E-state index < -0.39 is 0 Å². The number of rotatable bonds is 39. The van der Waals surface area contributed by atoms with E-state index in [-0.39, 0.29) is 5.91 Å². The maximum Gasteiger partial charge on any atom is 0.260 e. The van der Waals surface area contributed by atoms with Crippen LogP contribution in [0.1, 0.15) is 286 Å². The average Bonchev–Trinajstić information content (AvgIpc) is 1.57. The Labute approximate surface area is 588 Å². The summed E-state index contributed by atoms with van der Waals surface area (Å²) in [4.78, 5) is 31.9. The van der Waals surface area contributed by atoms with Gasteiger partial charge >= 0.3 is 0 Å². The molecule has 0 fully saturated rings. The van der Waals surface area contributed by atoms with Gasteiger partial charge in [-0.05, 0) is 159 Å². The molecule has 516 valence electrons. The van der Waals surface area contributed by atoms with Crippen molar-refractivity contribution in [3.05, 3.63) is 115 Å². The number of ether oxygens (including phenoxy) is 1. The Balaban J connectivity index is 0.00000182. The first-order valence-electron chi connectivity index (χ1n) is 38.4. The lowest BCUT2D eigenvalue weighted by Gasteiger charge is -2.29. The molecule has 94 heavy (non-hydrogen) atoms. The molecule has 0 saturated heterocycles. The lowest BCUT2D eigenvalue weighted by molar-refractivity contribution is -0.123. The molecule has 9 heteroatoms. The molecule has 0 saturated carbocycles. The van der Waals surface area contributed by atoms with Crippen molar-refractivity contribution in [1.29, 1.82) is 0 Å². The first-order chi connectivity index (χ1) is 46.0. The number of carbonyl (C=O) groups excluding carboxylic acids is 1. The zero-order chi connectivity index (χ0) is 66.8. The molecule has 7 aromatic rings. The molecule has 5 nitrogen and oxygen atoms in total. The summed E-state index contributed by atoms with van der Waals surface area (Å²) in [5.74, 6) is 1.93. The summed E-state index contributed by atoms with van der Waals surface area (Å²) >= 11 is 7.84. The van der Waals surface area contributed by atoms with Gasteiger partial charge in [0.05, 0.1) is 26.7 Å². The summed E-state index contributed by atoms with van der Waals surface area (Å²) in [7, 11) is 3.25. The third kappa shape index (κ3) is 20.0. The van der Waals surface area contributed by atoms with Crippen LogP contribution in [0.15, 0.2) is 83.9 Å². The SMILES string of the molecule is CCC.CCCCCCCCCCCCC(CC)Cn1c2ccccc2c2cc3c(cc21)-c1sc(-c2ccc(C4=C5C(=O)N(CC(CCCCCC)CCCCCCCC)C(c6ccc(-c7cc(CCCC)c(C)s7)s6)=C5CN4CC(C)CCC)s2)cc1CCC3.COC. The largest absolute Gasteiger partial charge is 0.388 e. The molecule has 5 aromatic heterocycles. The van der Waals surface area contributed by atoms with E-state index in [9.17, 15) is 0 Å². The number of thiophene rings is 4. The van der Waals surface area contributed by atoms with E-state index in [0.29, 0.717) is 17.8 Å². The smallest absolute Gasteiger partial charge is 0.260 e. The number of carbonyl (C=O) groups is 1. The summed E-state index contributed by atoms with van der Waals surface area (Å²) in [5, 5.41) is 2.84. The summed E-state index contributed by atoms with van der Waals surface area (Å²) in [6.07, 6.45) is 42.4. The molecular formula is C85H125N3O2S4. The third-order valence-corrected chi connectivity index (χ3v) is 25.2. The Bertz CT molecular complexity index is 3450. The number of unbranched alkanes of at least 4 members (excludes halogenated alkanes) is 18. The fraction of sp³-hybridized carbons (Fsp3) is 0.612. The summed E-state index contributed by atoms with van der Waals surface area (Å²) in [6, 6.07) is 29.1. The van der Waals surface area contributed by atoms with Gasteiger partial charge in [0.25, 0.3) is 5.91 Å². The number of para-hydroxylation sites is 1. The fourth-order valence-electron chi connectivity index (χ4n) is 15.2. The molecule has 3 unspecified atom stereocenters. The van der Waals surface area contributed by atoms with E-state index in [2.05, 4.69) is 161 Å². The molecule has 1 aliphatic carbocycles. The maximum absolute atomic E-state index is 16.0. The number of methoxy groups -OCH3 is 1. The fourth-order valence-corrected chi connectivity index (χ4v) is 19.9. The second-order valence-corrected chi connectivity index (χ2v) is 32.9. The molecule has 0 bridgehead atoms. The zero-order valence-corrected chi connectivity index (χ0v) is 64.4. The molecule has 2 aliphatic heterocycles. The van der Waals surface area contributed by atoms with Gasteiger partial charge in [0, 0.05) is 97.0 Å². The van der Waals surface area contributed by atoms with Crippen molar-refractivity contribution in [3.63, 3.8) is 0 Å². The minimum absolute atomic E-state index is 0.248. The van der Waals surface area contributed by atoms with Gasteiger partial charge in [0.1, 0.15) is 0 Å². The first kappa shape index (κ1) is 75.5. The van der Waals surface area contributed by atoms with Gasteiger partial charge in [0.15, 0.2) is 0 Å². The Morgan fingerprint density at radius 3 is 1.65 bits per heavy atom. The van der Waals surface area contributed by atoms with Gasteiger partial charge in [-0.3, -0.25) is 4.79 Å². The number of aromatic nitrogens is 1. The molecule has 3 aliphatic rings. The van der Waals surface area contributed by atoms with E-state index in [0.717, 1.165) is 51.0 Å². The molecule has 10 rings (SSSR count). The van der Waals surface area contributed by atoms with Crippen LogP contribution >= 0.6 is 45.3 Å². The quantitative estimate of drug-likeness (QED) is 0.0361. The van der Waals surface area contributed by atoms with Gasteiger partial charge < -0.3 is 19.1 Å². The van der Waals surface area contributed by atoms with Crippen molar-refractivity contribution in [2.45, 2.75) is 288 Å². The number of benzene rings is 2. The van der Waals surface area contributed by atoms with Gasteiger partial charge in [-0.1, -0.05) is 235 Å². The van der Waals surface area contributed by atoms with Crippen LogP contribution in [-0.4, -0.2) is 54.1 Å². The Morgan fingerprint density at radius 2 is 1.04 bits per heavy atom. The third-order valence-electron chi connectivity index (χ3n) is 20.3. The summed E-state index contributed by atoms with van der Waals surface area (Å²) in [5.41, 5.74) is 13.5. The number of hydrogen-bond donors (Lipinski definition) is 0. The standard InChI is InChI=1S/C80H111N3OS4.C3H8.C2H6O/c1-9-15-19-22-24-25-26-27-29-31-37-59(14-6)54-82-68-44-34-33-43-64(68)66-49-62-41-35-42-63-51-75(88-79(63)65(62)52-69(66)82)71-46-48-73(87-71)78-76-67(56-81(78)53-57(7)36-13-5)77(72-47-45-70(86-72)74-50-61(40-18-12-4)58(8)85-74)83(80(76)84)55-60(38-30-21-17-11-3)39-32-28-23-20-16-10-2;2*1-3-2/h33-34,43-52,57,59-60H,9-32,35-42,53-56H2,1-8H3;3H2,1-2H3;1-2H3. The highest BCUT2D eigenvalue weighted by atomic mass is 32.1. The number of aryl methyl sites for hydroxylation is 4.